The molecule has 30 heavy (non-hydrogen) atoms. The predicted molar refractivity (Wildman–Crippen MR) is 107 cm³/mol. The van der Waals surface area contributed by atoms with Crippen LogP contribution in [0.1, 0.15) is 24.1 Å². The summed E-state index contributed by atoms with van der Waals surface area (Å²) in [4.78, 5) is 20.5. The number of anilines is 2. The van der Waals surface area contributed by atoms with Gasteiger partial charge in [-0.25, -0.2) is 32.7 Å². The second-order valence-electron chi connectivity index (χ2n) is 6.68. The summed E-state index contributed by atoms with van der Waals surface area (Å²) in [7, 11) is -3.55. The minimum Gasteiger partial charge on any atom is -0.386 e. The van der Waals surface area contributed by atoms with Gasteiger partial charge in [-0.2, -0.15) is 5.26 Å². The number of hydrogen-bond donors (Lipinski definition) is 2. The molecule has 0 aliphatic carbocycles. The van der Waals surface area contributed by atoms with Crippen molar-refractivity contribution in [3.8, 4) is 6.07 Å². The van der Waals surface area contributed by atoms with Gasteiger partial charge in [0.05, 0.1) is 29.1 Å². The number of aromatic nitrogens is 4. The molecule has 1 aliphatic heterocycles. The Morgan fingerprint density at radius 3 is 2.77 bits per heavy atom. The van der Waals surface area contributed by atoms with Crippen LogP contribution in [0.25, 0.3) is 11.0 Å². The fourth-order valence-corrected chi connectivity index (χ4v) is 4.44. The number of hydrogen-bond acceptors (Lipinski definition) is 10. The van der Waals surface area contributed by atoms with Crippen LogP contribution in [0.2, 0.25) is 0 Å². The summed E-state index contributed by atoms with van der Waals surface area (Å²) >= 11 is 0. The van der Waals surface area contributed by atoms with E-state index in [0.29, 0.717) is 22.4 Å². The molecule has 3 N–H and O–H groups in total. The van der Waals surface area contributed by atoms with Gasteiger partial charge in [0.1, 0.15) is 40.6 Å². The minimum absolute atomic E-state index is 0.0454. The summed E-state index contributed by atoms with van der Waals surface area (Å²) in [6.07, 6.45) is 3.64. The molecule has 0 spiro atoms. The van der Waals surface area contributed by atoms with E-state index in [0.717, 1.165) is 6.20 Å². The molecule has 0 fully saturated rings. The molecule has 4 heterocycles. The fourth-order valence-electron chi connectivity index (χ4n) is 3.03. The van der Waals surface area contributed by atoms with Crippen molar-refractivity contribution < 1.29 is 12.8 Å². The van der Waals surface area contributed by atoms with E-state index in [9.17, 15) is 12.8 Å². The molecular weight excluding hydrogens is 411 g/mol. The molecule has 152 valence electrons. The molecule has 1 aliphatic rings. The molecule has 12 heteroatoms. The molecule has 3 aromatic rings. The molecule has 0 saturated heterocycles. The van der Waals surface area contributed by atoms with Gasteiger partial charge in [-0.1, -0.05) is 0 Å². The highest BCUT2D eigenvalue weighted by molar-refractivity contribution is 7.92. The summed E-state index contributed by atoms with van der Waals surface area (Å²) in [6.45, 7) is 1.45. The zero-order chi connectivity index (χ0) is 21.5. The van der Waals surface area contributed by atoms with Gasteiger partial charge in [0.25, 0.3) is 0 Å². The third kappa shape index (κ3) is 3.50. The Kier molecular flexibility index (Phi) is 4.75. The number of nitriles is 1. The van der Waals surface area contributed by atoms with Gasteiger partial charge in [-0.05, 0) is 19.1 Å². The Labute approximate surface area is 170 Å². The summed E-state index contributed by atoms with van der Waals surface area (Å²) in [5.41, 5.74) is 6.97. The molecule has 2 unspecified atom stereocenters. The van der Waals surface area contributed by atoms with Crippen molar-refractivity contribution in [1.29, 1.82) is 5.26 Å². The minimum atomic E-state index is -3.55. The van der Waals surface area contributed by atoms with Gasteiger partial charge in [-0.15, -0.1) is 0 Å². The van der Waals surface area contributed by atoms with Gasteiger partial charge in [0.15, 0.2) is 15.7 Å². The van der Waals surface area contributed by atoms with Crippen LogP contribution in [0.3, 0.4) is 0 Å². The van der Waals surface area contributed by atoms with E-state index in [1.807, 2.05) is 6.07 Å². The van der Waals surface area contributed by atoms with Crippen molar-refractivity contribution in [1.82, 2.24) is 19.9 Å². The first-order chi connectivity index (χ1) is 14.3. The van der Waals surface area contributed by atoms with Gasteiger partial charge in [0.2, 0.25) is 0 Å². The number of amidine groups is 1. The quantitative estimate of drug-likeness (QED) is 0.630. The number of nitrogens with two attached hydrogens (primary N) is 1. The maximum atomic E-state index is 14.4. The zero-order valence-corrected chi connectivity index (χ0v) is 16.4. The molecule has 2 atom stereocenters. The zero-order valence-electron chi connectivity index (χ0n) is 15.6. The molecular formula is C18H15FN8O2S. The van der Waals surface area contributed by atoms with E-state index in [4.69, 9.17) is 11.0 Å². The number of aliphatic imine (C=N–C) groups is 1. The number of pyridine rings is 2. The molecule has 0 saturated carbocycles. The first kappa shape index (κ1) is 19.6. The van der Waals surface area contributed by atoms with E-state index in [-0.39, 0.29) is 23.0 Å². The van der Waals surface area contributed by atoms with E-state index in [1.54, 1.807) is 6.07 Å². The average molecular weight is 426 g/mol. The van der Waals surface area contributed by atoms with Gasteiger partial charge < -0.3 is 11.1 Å². The largest absolute Gasteiger partial charge is 0.386 e. The van der Waals surface area contributed by atoms with Crippen LogP contribution >= 0.6 is 0 Å². The Balaban J connectivity index is 1.72. The third-order valence-electron chi connectivity index (χ3n) is 4.75. The lowest BCUT2D eigenvalue weighted by Crippen LogP contribution is -2.40. The molecule has 10 nitrogen and oxygen atoms in total. The van der Waals surface area contributed by atoms with Crippen LogP contribution in [0.15, 0.2) is 35.8 Å². The van der Waals surface area contributed by atoms with Gasteiger partial charge in [0, 0.05) is 11.8 Å². The molecule has 0 aromatic carbocycles. The van der Waals surface area contributed by atoms with Crippen LogP contribution < -0.4 is 11.1 Å². The molecule has 3 aromatic heterocycles. The smallest absolute Gasteiger partial charge is 0.162 e. The molecule has 4 rings (SSSR count). The Morgan fingerprint density at radius 1 is 1.23 bits per heavy atom. The maximum Gasteiger partial charge on any atom is 0.162 e. The van der Waals surface area contributed by atoms with Crippen molar-refractivity contribution in [2.45, 2.75) is 18.2 Å². The highest BCUT2D eigenvalue weighted by atomic mass is 32.2. The SMILES string of the molecule is CC1C(N)=NC(c2cc(Nc3ncnc4cc(C#N)cnc34)ncc2F)CS1(=O)=O. The number of nitrogens with one attached hydrogen (secondary N) is 1. The lowest BCUT2D eigenvalue weighted by Gasteiger charge is -2.24. The lowest BCUT2D eigenvalue weighted by atomic mass is 10.1. The lowest BCUT2D eigenvalue weighted by molar-refractivity contribution is 0.565. The van der Waals surface area contributed by atoms with Crippen LogP contribution in [0, 0.1) is 17.1 Å². The molecule has 0 bridgehead atoms. The second-order valence-corrected chi connectivity index (χ2v) is 9.05. The second kappa shape index (κ2) is 7.27. The Hall–Kier alpha value is -3.72. The molecule has 0 radical (unpaired) electrons. The van der Waals surface area contributed by atoms with Crippen LogP contribution in [0.5, 0.6) is 0 Å². The summed E-state index contributed by atoms with van der Waals surface area (Å²) in [5, 5.41) is 11.0. The summed E-state index contributed by atoms with van der Waals surface area (Å²) in [5.74, 6) is -0.610. The van der Waals surface area contributed by atoms with E-state index in [2.05, 4.69) is 30.2 Å². The van der Waals surface area contributed by atoms with Crippen LogP contribution in [-0.2, 0) is 9.84 Å². The van der Waals surface area contributed by atoms with Crippen molar-refractivity contribution in [3.63, 3.8) is 0 Å². The number of rotatable bonds is 3. The standard InChI is InChI=1S/C18H15FN8O2S/c1-9-17(21)26-14(7-30(9,28)29)11-3-15(22-6-12(11)19)27-18-16-13(24-8-25-18)2-10(4-20)5-23-16/h2-3,5-6,8-9,14H,7H2,1H3,(H2,21,26)(H,22,24,25,27). The maximum absolute atomic E-state index is 14.4. The first-order valence-corrected chi connectivity index (χ1v) is 10.5. The van der Waals surface area contributed by atoms with E-state index >= 15 is 0 Å². The van der Waals surface area contributed by atoms with Crippen molar-refractivity contribution in [2.24, 2.45) is 10.7 Å². The average Bonchev–Trinajstić information content (AvgIpc) is 2.72. The predicted octanol–water partition coefficient (Wildman–Crippen LogP) is 1.39. The van der Waals surface area contributed by atoms with Crippen LogP contribution in [-0.4, -0.2) is 45.2 Å². The van der Waals surface area contributed by atoms with E-state index in [1.165, 1.54) is 25.5 Å². The number of nitrogens with zero attached hydrogens (tertiary/aromatic N) is 6. The molecule has 0 amide bonds. The monoisotopic (exact) mass is 426 g/mol. The highest BCUT2D eigenvalue weighted by Crippen LogP contribution is 2.30. The normalized spacial score (nSPS) is 20.4. The number of halogens is 1. The van der Waals surface area contributed by atoms with Gasteiger partial charge >= 0.3 is 0 Å². The van der Waals surface area contributed by atoms with E-state index < -0.39 is 26.9 Å². The Morgan fingerprint density at radius 2 is 2.03 bits per heavy atom. The summed E-state index contributed by atoms with van der Waals surface area (Å²) < 4.78 is 39.0. The highest BCUT2D eigenvalue weighted by Gasteiger charge is 2.35. The summed E-state index contributed by atoms with van der Waals surface area (Å²) in [6, 6.07) is 3.92. The van der Waals surface area contributed by atoms with Gasteiger partial charge in [-0.3, -0.25) is 4.99 Å². The fraction of sp³-hybridized carbons (Fsp3) is 0.222. The van der Waals surface area contributed by atoms with Crippen molar-refractivity contribution >= 4 is 38.3 Å². The number of sulfone groups is 1. The third-order valence-corrected chi connectivity index (χ3v) is 6.84. The first-order valence-electron chi connectivity index (χ1n) is 8.76. The topological polar surface area (TPSA) is 160 Å². The number of fused-ring (bicyclic) bond motifs is 1. The van der Waals surface area contributed by atoms with Crippen molar-refractivity contribution in [3.05, 3.63) is 47.8 Å². The van der Waals surface area contributed by atoms with Crippen LogP contribution in [0.4, 0.5) is 16.0 Å². The Bertz CT molecular complexity index is 1340. The van der Waals surface area contributed by atoms with Crippen molar-refractivity contribution in [2.75, 3.05) is 11.1 Å².